The Bertz CT molecular complexity index is 1090. The second kappa shape index (κ2) is 6.22. The molecule has 4 aromatic rings. The maximum absolute atomic E-state index is 9.36. The Morgan fingerprint density at radius 3 is 2.08 bits per heavy atom. The van der Waals surface area contributed by atoms with Crippen molar-refractivity contribution in [1.29, 1.82) is 5.26 Å². The van der Waals surface area contributed by atoms with Gasteiger partial charge in [-0.05, 0) is 41.3 Å². The van der Waals surface area contributed by atoms with Crippen LogP contribution in [0.5, 0.6) is 0 Å². The van der Waals surface area contributed by atoms with Gasteiger partial charge < -0.3 is 0 Å². The van der Waals surface area contributed by atoms with Crippen LogP contribution in [0.4, 0.5) is 0 Å². The number of nitrogens with zero attached hydrogens (tertiary/aromatic N) is 2. The fraction of sp³-hybridized carbons (Fsp3) is 0.0435. The Labute approximate surface area is 147 Å². The lowest BCUT2D eigenvalue weighted by Gasteiger charge is -2.13. The number of hydrogen-bond donors (Lipinski definition) is 0. The van der Waals surface area contributed by atoms with E-state index in [1.54, 1.807) is 6.20 Å². The molecule has 0 atom stereocenters. The molecule has 3 aromatic carbocycles. The Morgan fingerprint density at radius 2 is 1.44 bits per heavy atom. The van der Waals surface area contributed by atoms with E-state index in [9.17, 15) is 5.26 Å². The Balaban J connectivity index is 2.09. The van der Waals surface area contributed by atoms with Crippen LogP contribution in [0.15, 0.2) is 79.0 Å². The lowest BCUT2D eigenvalue weighted by molar-refractivity contribution is 1.32. The summed E-state index contributed by atoms with van der Waals surface area (Å²) in [6.45, 7) is 1.99. The zero-order chi connectivity index (χ0) is 17.2. The first-order valence-corrected chi connectivity index (χ1v) is 8.22. The topological polar surface area (TPSA) is 36.7 Å². The van der Waals surface area contributed by atoms with Crippen LogP contribution in [0, 0.1) is 18.3 Å². The Morgan fingerprint density at radius 1 is 0.800 bits per heavy atom. The van der Waals surface area contributed by atoms with Gasteiger partial charge >= 0.3 is 0 Å². The zero-order valence-corrected chi connectivity index (χ0v) is 13.9. The van der Waals surface area contributed by atoms with Crippen LogP contribution >= 0.6 is 0 Å². The van der Waals surface area contributed by atoms with E-state index < -0.39 is 0 Å². The number of aryl methyl sites for hydroxylation is 1. The molecule has 1 heterocycles. The maximum Gasteiger partial charge on any atom is 0.101 e. The van der Waals surface area contributed by atoms with E-state index in [4.69, 9.17) is 0 Å². The summed E-state index contributed by atoms with van der Waals surface area (Å²) < 4.78 is 0. The molecule has 2 nitrogen and oxygen atoms in total. The van der Waals surface area contributed by atoms with Gasteiger partial charge in [-0.15, -0.1) is 0 Å². The van der Waals surface area contributed by atoms with Gasteiger partial charge in [0.25, 0.3) is 0 Å². The molecular weight excluding hydrogens is 304 g/mol. The number of hydrogen-bond acceptors (Lipinski definition) is 2. The molecule has 0 fully saturated rings. The van der Waals surface area contributed by atoms with Gasteiger partial charge in [-0.3, -0.25) is 4.98 Å². The monoisotopic (exact) mass is 320 g/mol. The molecular formula is C23H16N2. The van der Waals surface area contributed by atoms with E-state index >= 15 is 0 Å². The largest absolute Gasteiger partial charge is 0.254 e. The van der Waals surface area contributed by atoms with Gasteiger partial charge in [0.05, 0.1) is 11.1 Å². The SMILES string of the molecule is Cc1c(C#N)cnc2c(-c3ccccc3)cc(-c3ccccc3)cc12. The van der Waals surface area contributed by atoms with Crippen molar-refractivity contribution in [2.45, 2.75) is 6.92 Å². The normalized spacial score (nSPS) is 10.6. The highest BCUT2D eigenvalue weighted by molar-refractivity contribution is 5.99. The summed E-state index contributed by atoms with van der Waals surface area (Å²) in [5.41, 5.74) is 7.03. The molecule has 0 bridgehead atoms. The van der Waals surface area contributed by atoms with E-state index in [0.29, 0.717) is 5.56 Å². The third kappa shape index (κ3) is 2.66. The molecule has 1 aromatic heterocycles. The third-order valence-electron chi connectivity index (χ3n) is 4.55. The van der Waals surface area contributed by atoms with E-state index in [-0.39, 0.29) is 0 Å². The molecule has 0 saturated carbocycles. The first-order chi connectivity index (χ1) is 12.3. The minimum atomic E-state index is 0.622. The van der Waals surface area contributed by atoms with Gasteiger partial charge in [-0.25, -0.2) is 0 Å². The highest BCUT2D eigenvalue weighted by Crippen LogP contribution is 2.35. The predicted octanol–water partition coefficient (Wildman–Crippen LogP) is 5.75. The van der Waals surface area contributed by atoms with Crippen molar-refractivity contribution in [3.05, 3.63) is 90.1 Å². The Kier molecular flexibility index (Phi) is 3.76. The van der Waals surface area contributed by atoms with Crippen molar-refractivity contribution in [2.75, 3.05) is 0 Å². The third-order valence-corrected chi connectivity index (χ3v) is 4.55. The standard InChI is InChI=1S/C23H16N2/c1-16-20(14-24)15-25-23-21(16)12-19(17-8-4-2-5-9-17)13-22(23)18-10-6-3-7-11-18/h2-13,15H,1H3. The lowest BCUT2D eigenvalue weighted by Crippen LogP contribution is -1.93. The van der Waals surface area contributed by atoms with Gasteiger partial charge in [-0.2, -0.15) is 5.26 Å². The van der Waals surface area contributed by atoms with Crippen LogP contribution in [-0.2, 0) is 0 Å². The highest BCUT2D eigenvalue weighted by Gasteiger charge is 2.12. The Hall–Kier alpha value is -3.44. The fourth-order valence-electron chi connectivity index (χ4n) is 3.18. The molecule has 0 saturated heterocycles. The van der Waals surface area contributed by atoms with Crippen LogP contribution in [0.1, 0.15) is 11.1 Å². The molecule has 0 aliphatic rings. The molecule has 118 valence electrons. The summed E-state index contributed by atoms with van der Waals surface area (Å²) >= 11 is 0. The predicted molar refractivity (Wildman–Crippen MR) is 102 cm³/mol. The summed E-state index contributed by atoms with van der Waals surface area (Å²) in [5, 5.41) is 10.4. The summed E-state index contributed by atoms with van der Waals surface area (Å²) in [4.78, 5) is 4.60. The van der Waals surface area contributed by atoms with Gasteiger partial charge in [0.1, 0.15) is 6.07 Å². The zero-order valence-electron chi connectivity index (χ0n) is 13.9. The molecule has 25 heavy (non-hydrogen) atoms. The van der Waals surface area contributed by atoms with Crippen LogP contribution in [0.2, 0.25) is 0 Å². The van der Waals surface area contributed by atoms with Crippen LogP contribution in [-0.4, -0.2) is 4.98 Å². The van der Waals surface area contributed by atoms with Crippen LogP contribution < -0.4 is 0 Å². The molecule has 0 aliphatic carbocycles. The van der Waals surface area contributed by atoms with E-state index in [0.717, 1.165) is 38.7 Å². The maximum atomic E-state index is 9.36. The molecule has 0 N–H and O–H groups in total. The quantitative estimate of drug-likeness (QED) is 0.471. The van der Waals surface area contributed by atoms with E-state index in [1.165, 1.54) is 0 Å². The highest BCUT2D eigenvalue weighted by atomic mass is 14.7. The second-order valence-corrected chi connectivity index (χ2v) is 6.06. The van der Waals surface area contributed by atoms with Gasteiger partial charge in [0, 0.05) is 17.1 Å². The number of aromatic nitrogens is 1. The summed E-state index contributed by atoms with van der Waals surface area (Å²) in [7, 11) is 0. The number of benzene rings is 3. The molecule has 0 amide bonds. The minimum Gasteiger partial charge on any atom is -0.254 e. The molecule has 0 radical (unpaired) electrons. The van der Waals surface area contributed by atoms with Gasteiger partial charge in [0.2, 0.25) is 0 Å². The first kappa shape index (κ1) is 15.1. The van der Waals surface area contributed by atoms with Gasteiger partial charge in [-0.1, -0.05) is 60.7 Å². The van der Waals surface area contributed by atoms with Crippen molar-refractivity contribution >= 4 is 10.9 Å². The van der Waals surface area contributed by atoms with Crippen molar-refractivity contribution in [3.8, 4) is 28.3 Å². The molecule has 4 rings (SSSR count). The molecule has 0 aliphatic heterocycles. The number of rotatable bonds is 2. The molecule has 0 unspecified atom stereocenters. The number of nitriles is 1. The summed E-state index contributed by atoms with van der Waals surface area (Å²) in [6.07, 6.45) is 1.67. The minimum absolute atomic E-state index is 0.622. The van der Waals surface area contributed by atoms with Crippen molar-refractivity contribution < 1.29 is 0 Å². The first-order valence-electron chi connectivity index (χ1n) is 8.22. The lowest BCUT2D eigenvalue weighted by atomic mass is 9.93. The van der Waals surface area contributed by atoms with Crippen molar-refractivity contribution in [1.82, 2.24) is 4.98 Å². The average molecular weight is 320 g/mol. The number of pyridine rings is 1. The second-order valence-electron chi connectivity index (χ2n) is 6.06. The number of fused-ring (bicyclic) bond motifs is 1. The van der Waals surface area contributed by atoms with Crippen molar-refractivity contribution in [3.63, 3.8) is 0 Å². The van der Waals surface area contributed by atoms with Crippen molar-refractivity contribution in [2.24, 2.45) is 0 Å². The van der Waals surface area contributed by atoms with E-state index in [1.807, 2.05) is 43.3 Å². The average Bonchev–Trinajstić information content (AvgIpc) is 2.69. The van der Waals surface area contributed by atoms with Crippen LogP contribution in [0.25, 0.3) is 33.2 Å². The molecule has 2 heteroatoms. The van der Waals surface area contributed by atoms with Gasteiger partial charge in [0.15, 0.2) is 0 Å². The smallest absolute Gasteiger partial charge is 0.101 e. The molecule has 0 spiro atoms. The summed E-state index contributed by atoms with van der Waals surface area (Å²) in [5.74, 6) is 0. The van der Waals surface area contributed by atoms with Crippen LogP contribution in [0.3, 0.4) is 0 Å². The summed E-state index contributed by atoms with van der Waals surface area (Å²) in [6, 6.07) is 27.1. The fourth-order valence-corrected chi connectivity index (χ4v) is 3.18. The van der Waals surface area contributed by atoms with E-state index in [2.05, 4.69) is 47.5 Å².